The number of nitro benzene ring substituents is 1. The zero-order chi connectivity index (χ0) is 24.4. The van der Waals surface area contributed by atoms with Crippen molar-refractivity contribution >= 4 is 28.8 Å². The quantitative estimate of drug-likeness (QED) is 0.444. The van der Waals surface area contributed by atoms with Crippen LogP contribution in [0.1, 0.15) is 29.7 Å². The number of nitrogens with zero attached hydrogens (tertiary/aromatic N) is 4. The minimum absolute atomic E-state index is 0.0341. The monoisotopic (exact) mass is 497 g/mol. The third-order valence-electron chi connectivity index (χ3n) is 7.19. The van der Waals surface area contributed by atoms with E-state index >= 15 is 0 Å². The molecular formula is C25H31N5O4S. The van der Waals surface area contributed by atoms with Gasteiger partial charge in [-0.05, 0) is 36.3 Å². The van der Waals surface area contributed by atoms with Gasteiger partial charge < -0.3 is 15.1 Å². The molecule has 3 heterocycles. The van der Waals surface area contributed by atoms with Crippen LogP contribution in [0.3, 0.4) is 0 Å². The molecule has 2 atom stereocenters. The topological polar surface area (TPSA) is 99.0 Å². The molecule has 10 heteroatoms. The maximum absolute atomic E-state index is 13.5. The molecule has 35 heavy (non-hydrogen) atoms. The predicted molar refractivity (Wildman–Crippen MR) is 133 cm³/mol. The van der Waals surface area contributed by atoms with Gasteiger partial charge in [0, 0.05) is 74.8 Å². The third kappa shape index (κ3) is 5.55. The van der Waals surface area contributed by atoms with Crippen LogP contribution < -0.4 is 5.32 Å². The first kappa shape index (κ1) is 23.9. The molecule has 2 saturated heterocycles. The standard InChI is InChI=1S/C25H31N5O4S/c31-24(19-5-6-19)29-16-21(14-23(29)25(32)27-11-9-26-10-12-27)28(17-22-2-1-13-35-22)15-18-3-7-20(8-4-18)30(33)34/h1-4,7-8,13,19,21,23,26H,5-6,9-12,14-17H2. The molecule has 0 spiro atoms. The van der Waals surface area contributed by atoms with Gasteiger partial charge in [0.25, 0.3) is 5.69 Å². The van der Waals surface area contributed by atoms with E-state index in [1.54, 1.807) is 23.5 Å². The van der Waals surface area contributed by atoms with Gasteiger partial charge in [-0.3, -0.25) is 24.6 Å². The Balaban J connectivity index is 1.37. The Hall–Kier alpha value is -2.82. The number of hydrogen-bond donors (Lipinski definition) is 1. The highest BCUT2D eigenvalue weighted by Crippen LogP contribution is 2.36. The summed E-state index contributed by atoms with van der Waals surface area (Å²) in [5, 5.41) is 16.4. The zero-order valence-electron chi connectivity index (χ0n) is 19.7. The smallest absolute Gasteiger partial charge is 0.269 e. The van der Waals surface area contributed by atoms with Crippen molar-refractivity contribution in [2.24, 2.45) is 5.92 Å². The van der Waals surface area contributed by atoms with Gasteiger partial charge in [-0.1, -0.05) is 18.2 Å². The van der Waals surface area contributed by atoms with Gasteiger partial charge in [0.1, 0.15) is 6.04 Å². The van der Waals surface area contributed by atoms with Crippen LogP contribution in [0, 0.1) is 16.0 Å². The Bertz CT molecular complexity index is 1050. The first-order valence-corrected chi connectivity index (χ1v) is 13.2. The highest BCUT2D eigenvalue weighted by Gasteiger charge is 2.46. The van der Waals surface area contributed by atoms with E-state index in [0.29, 0.717) is 39.1 Å². The summed E-state index contributed by atoms with van der Waals surface area (Å²) in [5.41, 5.74) is 1.05. The summed E-state index contributed by atoms with van der Waals surface area (Å²) in [6.45, 7) is 4.75. The Morgan fingerprint density at radius 2 is 1.83 bits per heavy atom. The molecule has 1 aromatic carbocycles. The Morgan fingerprint density at radius 3 is 2.46 bits per heavy atom. The van der Waals surface area contributed by atoms with Crippen LogP contribution in [0.15, 0.2) is 41.8 Å². The van der Waals surface area contributed by atoms with Crippen LogP contribution in [0.5, 0.6) is 0 Å². The number of carbonyl (C=O) groups excluding carboxylic acids is 2. The van der Waals surface area contributed by atoms with Crippen molar-refractivity contribution in [1.82, 2.24) is 20.0 Å². The average molecular weight is 498 g/mol. The van der Waals surface area contributed by atoms with Gasteiger partial charge in [0.05, 0.1) is 4.92 Å². The molecule has 3 aliphatic rings. The van der Waals surface area contributed by atoms with Crippen molar-refractivity contribution in [1.29, 1.82) is 0 Å². The summed E-state index contributed by atoms with van der Waals surface area (Å²) in [7, 11) is 0. The molecule has 3 fully saturated rings. The maximum Gasteiger partial charge on any atom is 0.269 e. The van der Waals surface area contributed by atoms with Crippen LogP contribution in [0.2, 0.25) is 0 Å². The lowest BCUT2D eigenvalue weighted by Gasteiger charge is -2.32. The number of hydrogen-bond acceptors (Lipinski definition) is 7. The van der Waals surface area contributed by atoms with E-state index in [1.165, 1.54) is 17.0 Å². The number of nitrogens with one attached hydrogen (secondary N) is 1. The van der Waals surface area contributed by atoms with Gasteiger partial charge in [0.2, 0.25) is 11.8 Å². The highest BCUT2D eigenvalue weighted by molar-refractivity contribution is 7.09. The van der Waals surface area contributed by atoms with E-state index < -0.39 is 11.0 Å². The summed E-state index contributed by atoms with van der Waals surface area (Å²) < 4.78 is 0. The van der Waals surface area contributed by atoms with Crippen molar-refractivity contribution in [2.45, 2.75) is 44.4 Å². The number of carbonyl (C=O) groups is 2. The number of non-ortho nitro benzene ring substituents is 1. The van der Waals surface area contributed by atoms with E-state index in [0.717, 1.165) is 31.5 Å². The first-order chi connectivity index (χ1) is 17.0. The van der Waals surface area contributed by atoms with Gasteiger partial charge in [-0.2, -0.15) is 0 Å². The Kier molecular flexibility index (Phi) is 7.12. The number of piperazine rings is 1. The molecule has 1 aliphatic carbocycles. The van der Waals surface area contributed by atoms with E-state index in [1.807, 2.05) is 21.2 Å². The van der Waals surface area contributed by atoms with Gasteiger partial charge in [-0.25, -0.2) is 0 Å². The molecule has 2 amide bonds. The second-order valence-electron chi connectivity index (χ2n) is 9.65. The number of likely N-dealkylation sites (tertiary alicyclic amines) is 1. The Morgan fingerprint density at radius 1 is 1.09 bits per heavy atom. The number of rotatable bonds is 8. The fourth-order valence-electron chi connectivity index (χ4n) is 5.09. The summed E-state index contributed by atoms with van der Waals surface area (Å²) in [6.07, 6.45) is 2.44. The molecule has 186 valence electrons. The van der Waals surface area contributed by atoms with Crippen LogP contribution >= 0.6 is 11.3 Å². The Labute approximate surface area is 208 Å². The lowest BCUT2D eigenvalue weighted by atomic mass is 10.1. The third-order valence-corrected chi connectivity index (χ3v) is 8.05. The van der Waals surface area contributed by atoms with Crippen molar-refractivity contribution < 1.29 is 14.5 Å². The van der Waals surface area contributed by atoms with Crippen molar-refractivity contribution in [3.8, 4) is 0 Å². The van der Waals surface area contributed by atoms with Gasteiger partial charge >= 0.3 is 0 Å². The second-order valence-corrected chi connectivity index (χ2v) is 10.7. The number of amides is 2. The molecule has 5 rings (SSSR count). The van der Waals surface area contributed by atoms with E-state index in [4.69, 9.17) is 0 Å². The minimum atomic E-state index is -0.422. The van der Waals surface area contributed by atoms with Gasteiger partial charge in [-0.15, -0.1) is 11.3 Å². The predicted octanol–water partition coefficient (Wildman–Crippen LogP) is 2.47. The summed E-state index contributed by atoms with van der Waals surface area (Å²) >= 11 is 1.69. The minimum Gasteiger partial charge on any atom is -0.338 e. The lowest BCUT2D eigenvalue weighted by molar-refractivity contribution is -0.384. The summed E-state index contributed by atoms with van der Waals surface area (Å²) in [6, 6.07) is 10.4. The lowest BCUT2D eigenvalue weighted by Crippen LogP contribution is -2.53. The number of benzene rings is 1. The molecule has 2 unspecified atom stereocenters. The fourth-order valence-corrected chi connectivity index (χ4v) is 5.82. The molecule has 2 aromatic rings. The SMILES string of the molecule is O=C(C1CC(N(Cc2ccc([N+](=O)[O-])cc2)Cc2cccs2)CN1C(=O)C1CC1)N1CCNCC1. The van der Waals surface area contributed by atoms with Crippen molar-refractivity contribution in [2.75, 3.05) is 32.7 Å². The molecule has 1 aromatic heterocycles. The molecule has 0 radical (unpaired) electrons. The highest BCUT2D eigenvalue weighted by atomic mass is 32.1. The van der Waals surface area contributed by atoms with E-state index in [-0.39, 0.29) is 29.5 Å². The summed E-state index contributed by atoms with van der Waals surface area (Å²) in [5.74, 6) is 0.245. The van der Waals surface area contributed by atoms with Gasteiger partial charge in [0.15, 0.2) is 0 Å². The zero-order valence-corrected chi connectivity index (χ0v) is 20.5. The summed E-state index contributed by atoms with van der Waals surface area (Å²) in [4.78, 5) is 44.7. The van der Waals surface area contributed by atoms with Crippen molar-refractivity contribution in [3.05, 3.63) is 62.3 Å². The number of thiophene rings is 1. The molecule has 2 aliphatic heterocycles. The van der Waals surface area contributed by atoms with E-state index in [9.17, 15) is 19.7 Å². The first-order valence-electron chi connectivity index (χ1n) is 12.3. The molecule has 0 bridgehead atoms. The number of nitro groups is 1. The van der Waals surface area contributed by atoms with Crippen molar-refractivity contribution in [3.63, 3.8) is 0 Å². The molecule has 9 nitrogen and oxygen atoms in total. The van der Waals surface area contributed by atoms with Crippen LogP contribution in [-0.2, 0) is 22.7 Å². The van der Waals surface area contributed by atoms with Crippen LogP contribution in [0.4, 0.5) is 5.69 Å². The normalized spacial score (nSPS) is 22.5. The maximum atomic E-state index is 13.5. The molecule has 1 N–H and O–H groups in total. The van der Waals surface area contributed by atoms with Crippen LogP contribution in [-0.4, -0.2) is 76.2 Å². The second kappa shape index (κ2) is 10.4. The van der Waals surface area contributed by atoms with Crippen LogP contribution in [0.25, 0.3) is 0 Å². The molecule has 1 saturated carbocycles. The molecular weight excluding hydrogens is 466 g/mol. The average Bonchev–Trinajstić information content (AvgIpc) is 3.42. The van der Waals surface area contributed by atoms with E-state index in [2.05, 4.69) is 16.3 Å². The largest absolute Gasteiger partial charge is 0.338 e. The fraction of sp³-hybridized carbons (Fsp3) is 0.520.